The molecule has 14 aliphatic rings. The van der Waals surface area contributed by atoms with E-state index in [4.69, 9.17) is 11.2 Å². The van der Waals surface area contributed by atoms with E-state index in [1.54, 1.807) is 10.6 Å². The van der Waals surface area contributed by atoms with Gasteiger partial charge in [-0.1, -0.05) is 429 Å². The number of benzene rings is 3. The van der Waals surface area contributed by atoms with Crippen LogP contribution in [0.3, 0.4) is 0 Å². The van der Waals surface area contributed by atoms with Crippen molar-refractivity contribution in [1.29, 1.82) is 0 Å². The van der Waals surface area contributed by atoms with Crippen LogP contribution in [0.1, 0.15) is 380 Å². The van der Waals surface area contributed by atoms with Crippen LogP contribution < -0.4 is 34.8 Å². The van der Waals surface area contributed by atoms with E-state index in [0.29, 0.717) is 0 Å². The second kappa shape index (κ2) is 123. The van der Waals surface area contributed by atoms with Crippen molar-refractivity contribution in [2.24, 2.45) is 17.8 Å². The third-order valence-corrected chi connectivity index (χ3v) is 42.7. The molecule has 0 radical (unpaired) electrons. The summed E-state index contributed by atoms with van der Waals surface area (Å²) in [5.74, 6) is 2.67. The molecular weight excluding hydrogens is 2590 g/mol. The van der Waals surface area contributed by atoms with Crippen LogP contribution >= 0.6 is 114 Å². The fourth-order valence-corrected chi connectivity index (χ4v) is 34.0. The Morgan fingerprint density at radius 3 is 0.628 bits per heavy atom. The summed E-state index contributed by atoms with van der Waals surface area (Å²) < 4.78 is 0. The Morgan fingerprint density at radius 2 is 0.445 bits per heavy atom. The first-order valence-corrected chi connectivity index (χ1v) is 57.5. The van der Waals surface area contributed by atoms with Crippen molar-refractivity contribution in [3.8, 4) is 0 Å². The molecule has 0 saturated heterocycles. The molecule has 0 aromatic heterocycles. The molecule has 8 unspecified atom stereocenters. The first-order chi connectivity index (χ1) is 54.4. The van der Waals surface area contributed by atoms with E-state index in [9.17, 15) is 0 Å². The molecule has 137 heavy (non-hydrogen) atoms. The predicted molar refractivity (Wildman–Crippen MR) is 607 cm³/mol. The van der Waals surface area contributed by atoms with Crippen LogP contribution in [0.4, 0.5) is 0 Å². The van der Waals surface area contributed by atoms with E-state index >= 15 is 0 Å². The summed E-state index contributed by atoms with van der Waals surface area (Å²) in [6.45, 7) is 7.22. The van der Waals surface area contributed by atoms with E-state index in [-0.39, 0.29) is 329 Å². The maximum atomic E-state index is 6.48. The Hall–Kier alpha value is 8.35. The number of alkyl halides is 5. The van der Waals surface area contributed by atoms with Gasteiger partial charge >= 0.3 is 18.9 Å². The zero-order chi connectivity index (χ0) is 80.3. The van der Waals surface area contributed by atoms with Gasteiger partial charge in [-0.3, -0.25) is 0 Å². The smallest absolute Gasteiger partial charge is 0.358 e. The molecule has 14 fully saturated rings. The van der Waals surface area contributed by atoms with Gasteiger partial charge < -0.3 is 110 Å². The minimum absolute atomic E-state index is 0. The van der Waals surface area contributed by atoms with Crippen LogP contribution in [-0.4, -0.2) is 128 Å². The van der Waals surface area contributed by atoms with E-state index in [0.717, 1.165) is 88.3 Å². The second-order valence-corrected chi connectivity index (χ2v) is 51.8. The van der Waals surface area contributed by atoms with Crippen molar-refractivity contribution >= 4 is 130 Å². The number of nitrogens with zero attached hydrogens (tertiary/aromatic N) is 3. The van der Waals surface area contributed by atoms with Gasteiger partial charge in [0.2, 0.25) is 0 Å². The number of hydrogen-bond acceptors (Lipinski definition) is 3. The zero-order valence-electron chi connectivity index (χ0n) is 90.8. The molecule has 0 bridgehead atoms. The van der Waals surface area contributed by atoms with Gasteiger partial charge in [-0.15, -0.1) is 0 Å². The first kappa shape index (κ1) is 193. The van der Waals surface area contributed by atoms with Gasteiger partial charge in [0.05, 0.1) is 0 Å². The summed E-state index contributed by atoms with van der Waals surface area (Å²) in [5, 5.41) is 4.73. The molecule has 3 nitrogen and oxygen atoms in total. The molecule has 0 heterocycles. The molecular formula is C112H207Br5ClFe12LiN3P3-12. The monoisotopic (exact) mass is 2800 g/mol. The van der Waals surface area contributed by atoms with Crippen molar-refractivity contribution in [3.63, 3.8) is 0 Å². The fraction of sp³-hybridized carbons (Fsp3) is 0.723. The third-order valence-electron chi connectivity index (χ3n) is 27.7. The topological polar surface area (TPSA) is 9.72 Å². The van der Waals surface area contributed by atoms with Crippen molar-refractivity contribution in [1.82, 2.24) is 14.7 Å². The minimum atomic E-state index is -0.405. The Balaban J connectivity index is -0.0000000619. The van der Waals surface area contributed by atoms with Crippen molar-refractivity contribution < 1.29 is 224 Å². The van der Waals surface area contributed by atoms with Crippen molar-refractivity contribution in [2.45, 2.75) is 451 Å². The minimum Gasteiger partial charge on any atom is -0.358 e. The molecule has 3 aromatic carbocycles. The SMILES string of the molecule is BrC1CCCC1.BrC1CCCC1.BrC1CCCC1.BrC1CCCC1.BrC1CCCC1.C1CCCC1.C1CCCC1.C1CCCC1.C[C@H](C1CCCC1P(c1ccccc1)C1CCCC1)N(C)C.C[C@H](C1CCCC1P(c1ccccc1)C1CCCC1)N(C)C.C[C@H](C1[CH-]CCC1)N(C)C.ClP(c1ccccc1)C1CCCC1.[CH3-].[CH3-].[CH3-].[CH3-].[CH3-].[CH3-].[CH3-].[CH3-].[CH3-].[CH3-].[CH3-].[CH3-].[Fe].[Fe].[Fe].[Fe].[Fe].[Fe].[Fe].[Fe].[Fe].[Fe].[Fe].[Fe].[Li+]. The molecule has 17 rings (SSSR count). The van der Waals surface area contributed by atoms with Crippen molar-refractivity contribution in [2.75, 3.05) is 42.3 Å². The molecule has 0 spiro atoms. The van der Waals surface area contributed by atoms with Crippen LogP contribution in [0.2, 0.25) is 0 Å². The summed E-state index contributed by atoms with van der Waals surface area (Å²) in [6.07, 6.45) is 83.5. The summed E-state index contributed by atoms with van der Waals surface area (Å²) in [6, 6.07) is 35.9. The predicted octanol–water partition coefficient (Wildman–Crippen LogP) is 35.4. The van der Waals surface area contributed by atoms with Gasteiger partial charge in [0.25, 0.3) is 0 Å². The van der Waals surface area contributed by atoms with E-state index in [2.05, 4.69) is 255 Å². The van der Waals surface area contributed by atoms with Gasteiger partial charge in [-0.05, 0) is 247 Å². The van der Waals surface area contributed by atoms with E-state index in [1.165, 1.54) is 365 Å². The number of halogens is 6. The quantitative estimate of drug-likeness (QED) is 0.0689. The summed E-state index contributed by atoms with van der Waals surface area (Å²) in [7, 11) is 13.0. The summed E-state index contributed by atoms with van der Waals surface area (Å²) >= 11 is 24.2. The van der Waals surface area contributed by atoms with Crippen LogP contribution in [0, 0.1) is 113 Å². The zero-order valence-corrected chi connectivity index (χ0v) is 115. The maximum absolute atomic E-state index is 6.48. The summed E-state index contributed by atoms with van der Waals surface area (Å²) in [5.41, 5.74) is 4.68. The first-order valence-electron chi connectivity index (χ1n) is 47.6. The Morgan fingerprint density at radius 1 is 0.248 bits per heavy atom. The molecule has 14 aliphatic carbocycles. The molecule has 0 amide bonds. The second-order valence-electron chi connectivity index (χ2n) is 36.9. The Bertz CT molecular complexity index is 2460. The van der Waals surface area contributed by atoms with Crippen molar-refractivity contribution in [3.05, 3.63) is 187 Å². The van der Waals surface area contributed by atoms with Crippen LogP contribution in [-0.2, 0) is 205 Å². The van der Waals surface area contributed by atoms with Crippen LogP contribution in [0.25, 0.3) is 0 Å². The van der Waals surface area contributed by atoms with Gasteiger partial charge in [-0.25, -0.2) is 0 Å². The van der Waals surface area contributed by atoms with Gasteiger partial charge in [-0.2, -0.15) is 12.3 Å². The molecule has 11 atom stereocenters. The Kier molecular flexibility index (Phi) is 173. The fourth-order valence-electron chi connectivity index (χ4n) is 20.0. The average molecular weight is 2800 g/mol. The number of hydrogen-bond donors (Lipinski definition) is 0. The molecule has 836 valence electrons. The normalized spacial score (nSPS) is 21.6. The van der Waals surface area contributed by atoms with Gasteiger partial charge in [0.1, 0.15) is 0 Å². The molecule has 0 aliphatic heterocycles. The molecule has 3 aromatic rings. The maximum Gasteiger partial charge on any atom is 1.00 e. The standard InChI is InChI=1S/2C20H32NP.C11H14ClP.C9H18N.5C5H9Br.3C5H10.12CH3.12Fe.Li/c2*1-16(21(2)3)19-14-9-15-20(19)22(18-12-7-8-13-18)17-10-5-4-6-11-17;12-13(11-8-4-5-9-11)10-6-2-1-3-7-10;1-8(10(2)3)9-6-4-5-7-9;5*6-5-3-1-2-4-5;3*1-2-4-5-3-1;;;;;;;;;;;;;;;;;;;;;;;;;/h2*4-6,10-11,16,18-20H,7-9,12-15H2,1-3H3;1-3,6-7,11H,4-5,8-9H2;6,8-9H,4-5,7H2,1-3H3;5*5H,1-4H2;3*1-5H2;12*1H3;;;;;;;;;;;;;/q;;;-1;;;;;;;;;12*-1;;;;;;;;;;;;;+1/t2*16-,19?,20?,22?;;8-,9?;;;;;;;;;;;;;;;;;;;;;;;;;;;;;;;;;/m11.1................................./s1. The van der Waals surface area contributed by atoms with Gasteiger partial charge in [0.15, 0.2) is 0 Å². The van der Waals surface area contributed by atoms with Gasteiger partial charge in [0, 0.05) is 248 Å². The molecule has 0 N–H and O–H groups in total. The third kappa shape index (κ3) is 84.2. The Labute approximate surface area is 1050 Å². The average Bonchev–Trinajstić information content (AvgIpc) is 1.67. The van der Waals surface area contributed by atoms with Crippen LogP contribution in [0.5, 0.6) is 0 Å². The van der Waals surface area contributed by atoms with E-state index in [1.807, 2.05) is 0 Å². The summed E-state index contributed by atoms with van der Waals surface area (Å²) in [4.78, 5) is 11.5. The molecule has 25 heteroatoms. The largest absolute Gasteiger partial charge is 1.00 e. The molecule has 14 saturated carbocycles. The van der Waals surface area contributed by atoms with E-state index < -0.39 is 7.27 Å². The number of rotatable bonds is 14. The van der Waals surface area contributed by atoms with Crippen LogP contribution in [0.15, 0.2) is 91.0 Å².